The molecule has 0 spiro atoms. The van der Waals surface area contributed by atoms with Gasteiger partial charge in [-0.15, -0.1) is 0 Å². The Balaban J connectivity index is 2.35. The van der Waals surface area contributed by atoms with Crippen LogP contribution in [-0.4, -0.2) is 28.5 Å². The molecule has 0 aliphatic heterocycles. The lowest BCUT2D eigenvalue weighted by Crippen LogP contribution is -2.37. The van der Waals surface area contributed by atoms with E-state index in [1.54, 1.807) is 6.92 Å². The molecule has 0 aliphatic rings. The van der Waals surface area contributed by atoms with Gasteiger partial charge in [0, 0.05) is 21.7 Å². The Morgan fingerprint density at radius 2 is 1.62 bits per heavy atom. The second-order valence-corrected chi connectivity index (χ2v) is 19.3. The minimum atomic E-state index is -1.06. The molecule has 1 rings (SSSR count). The van der Waals surface area contributed by atoms with Gasteiger partial charge in [-0.1, -0.05) is 44.4 Å². The van der Waals surface area contributed by atoms with E-state index < -0.39 is 16.1 Å². The normalized spacial score (nSPS) is 12.3. The van der Waals surface area contributed by atoms with Crippen LogP contribution in [0.1, 0.15) is 23.7 Å². The maximum atomic E-state index is 11.2. The number of carbonyl (C=O) groups is 1. The van der Waals surface area contributed by atoms with Crippen LogP contribution in [0.4, 0.5) is 0 Å². The summed E-state index contributed by atoms with van der Waals surface area (Å²) in [5.41, 5.74) is 2.24. The van der Waals surface area contributed by atoms with Crippen LogP contribution < -0.4 is 4.74 Å². The molecule has 21 heavy (non-hydrogen) atoms. The Hall–Kier alpha value is -0.876. The van der Waals surface area contributed by atoms with Crippen LogP contribution in [0.2, 0.25) is 44.4 Å². The molecule has 0 saturated carbocycles. The van der Waals surface area contributed by atoms with Gasteiger partial charge in [0.15, 0.2) is 5.78 Å². The molecule has 0 aromatic heterocycles. The number of rotatable bonds is 8. The standard InChI is InChI=1S/C17H30O2Si2/c1-15(18)16-8-10-17(11-9-16)19-12-7-13-21(5,6)14-20(2,3)4/h8-11H,7,12-14H2,1-6H3. The van der Waals surface area contributed by atoms with Crippen molar-refractivity contribution in [2.75, 3.05) is 6.61 Å². The quantitative estimate of drug-likeness (QED) is 0.371. The van der Waals surface area contributed by atoms with Crippen LogP contribution in [0.5, 0.6) is 5.75 Å². The second-order valence-electron chi connectivity index (χ2n) is 7.93. The number of carbonyl (C=O) groups excluding carboxylic acids is 1. The summed E-state index contributed by atoms with van der Waals surface area (Å²) in [6.07, 6.45) is 1.14. The van der Waals surface area contributed by atoms with Gasteiger partial charge >= 0.3 is 0 Å². The van der Waals surface area contributed by atoms with Gasteiger partial charge in [0.05, 0.1) is 6.61 Å². The molecule has 118 valence electrons. The molecule has 1 aromatic carbocycles. The van der Waals surface area contributed by atoms with Crippen molar-refractivity contribution in [1.82, 2.24) is 0 Å². The van der Waals surface area contributed by atoms with E-state index in [0.29, 0.717) is 0 Å². The van der Waals surface area contributed by atoms with E-state index in [2.05, 4.69) is 32.7 Å². The zero-order chi connectivity index (χ0) is 16.1. The van der Waals surface area contributed by atoms with Crippen molar-refractivity contribution >= 4 is 21.9 Å². The van der Waals surface area contributed by atoms with Crippen LogP contribution in [0.25, 0.3) is 0 Å². The number of ether oxygens (including phenoxy) is 1. The first-order chi connectivity index (χ1) is 9.59. The monoisotopic (exact) mass is 322 g/mol. The van der Waals surface area contributed by atoms with Crippen molar-refractivity contribution in [1.29, 1.82) is 0 Å². The largest absolute Gasteiger partial charge is 0.494 e. The molecule has 0 heterocycles. The maximum Gasteiger partial charge on any atom is 0.159 e. The summed E-state index contributed by atoms with van der Waals surface area (Å²) in [5, 5.41) is 0. The summed E-state index contributed by atoms with van der Waals surface area (Å²) in [6, 6.07) is 8.79. The van der Waals surface area contributed by atoms with E-state index in [9.17, 15) is 4.79 Å². The summed E-state index contributed by atoms with van der Waals surface area (Å²) < 4.78 is 5.79. The van der Waals surface area contributed by atoms with Gasteiger partial charge in [-0.05, 0) is 37.6 Å². The van der Waals surface area contributed by atoms with Gasteiger partial charge in [0.2, 0.25) is 0 Å². The zero-order valence-electron chi connectivity index (χ0n) is 14.5. The third kappa shape index (κ3) is 7.62. The fraction of sp³-hybridized carbons (Fsp3) is 0.588. The Bertz CT molecular complexity index is 459. The van der Waals surface area contributed by atoms with Crippen LogP contribution >= 0.6 is 0 Å². The molecular weight excluding hydrogens is 292 g/mol. The molecule has 0 unspecified atom stereocenters. The van der Waals surface area contributed by atoms with Crippen LogP contribution in [0, 0.1) is 0 Å². The molecule has 0 N–H and O–H groups in total. The number of ketones is 1. The molecule has 0 radical (unpaired) electrons. The Morgan fingerprint density at radius 3 is 2.10 bits per heavy atom. The van der Waals surface area contributed by atoms with Gasteiger partial charge in [-0.25, -0.2) is 0 Å². The number of hydrogen-bond donors (Lipinski definition) is 0. The van der Waals surface area contributed by atoms with Crippen molar-refractivity contribution < 1.29 is 9.53 Å². The zero-order valence-corrected chi connectivity index (χ0v) is 16.5. The fourth-order valence-electron chi connectivity index (χ4n) is 3.05. The van der Waals surface area contributed by atoms with Gasteiger partial charge in [0.25, 0.3) is 0 Å². The molecular formula is C17H30O2Si2. The van der Waals surface area contributed by atoms with Gasteiger partial charge in [-0.3, -0.25) is 4.79 Å². The Kier molecular flexibility index (Phi) is 6.41. The van der Waals surface area contributed by atoms with Crippen LogP contribution in [0.3, 0.4) is 0 Å². The van der Waals surface area contributed by atoms with Crippen molar-refractivity contribution in [3.8, 4) is 5.75 Å². The Morgan fingerprint density at radius 1 is 1.05 bits per heavy atom. The topological polar surface area (TPSA) is 26.3 Å². The highest BCUT2D eigenvalue weighted by atomic mass is 28.4. The molecule has 0 amide bonds. The summed E-state index contributed by atoms with van der Waals surface area (Å²) in [4.78, 5) is 11.2. The van der Waals surface area contributed by atoms with Gasteiger partial charge in [-0.2, -0.15) is 0 Å². The van der Waals surface area contributed by atoms with Gasteiger partial charge in [0.1, 0.15) is 5.75 Å². The van der Waals surface area contributed by atoms with Gasteiger partial charge < -0.3 is 4.74 Å². The Labute approximate surface area is 131 Å². The molecule has 0 bridgehead atoms. The molecule has 0 aliphatic carbocycles. The SMILES string of the molecule is CC(=O)c1ccc(OCCC[Si](C)(C)C[Si](C)(C)C)cc1. The van der Waals surface area contributed by atoms with E-state index in [1.165, 1.54) is 11.7 Å². The number of hydrogen-bond acceptors (Lipinski definition) is 2. The molecule has 4 heteroatoms. The maximum absolute atomic E-state index is 11.2. The third-order valence-electron chi connectivity index (χ3n) is 3.54. The first kappa shape index (κ1) is 18.2. The predicted molar refractivity (Wildman–Crippen MR) is 97.0 cm³/mol. The second kappa shape index (κ2) is 7.41. The lowest BCUT2D eigenvalue weighted by Gasteiger charge is -2.29. The van der Waals surface area contributed by atoms with E-state index in [-0.39, 0.29) is 5.78 Å². The van der Waals surface area contributed by atoms with E-state index in [4.69, 9.17) is 4.74 Å². The van der Waals surface area contributed by atoms with Crippen molar-refractivity contribution in [3.05, 3.63) is 29.8 Å². The lowest BCUT2D eigenvalue weighted by molar-refractivity contribution is 0.101. The fourth-order valence-corrected chi connectivity index (χ4v) is 16.3. The van der Waals surface area contributed by atoms with Crippen LogP contribution in [0.15, 0.2) is 24.3 Å². The van der Waals surface area contributed by atoms with Crippen molar-refractivity contribution in [2.45, 2.75) is 57.8 Å². The lowest BCUT2D eigenvalue weighted by atomic mass is 10.1. The first-order valence-corrected chi connectivity index (χ1v) is 15.0. The molecule has 0 atom stereocenters. The highest BCUT2D eigenvalue weighted by Crippen LogP contribution is 2.24. The summed E-state index contributed by atoms with van der Waals surface area (Å²) in [6.45, 7) is 14.8. The molecule has 2 nitrogen and oxygen atoms in total. The summed E-state index contributed by atoms with van der Waals surface area (Å²) >= 11 is 0. The predicted octanol–water partition coefficient (Wildman–Crippen LogP) is 5.24. The number of Topliss-reactive ketones (excluding diaryl/α,β-unsaturated/α-hetero) is 1. The first-order valence-electron chi connectivity index (χ1n) is 7.83. The summed E-state index contributed by atoms with van der Waals surface area (Å²) in [5.74, 6) is 0.963. The van der Waals surface area contributed by atoms with E-state index in [1.807, 2.05) is 24.3 Å². The van der Waals surface area contributed by atoms with Crippen molar-refractivity contribution in [3.63, 3.8) is 0 Å². The molecule has 0 saturated heterocycles. The average molecular weight is 323 g/mol. The third-order valence-corrected chi connectivity index (χ3v) is 13.3. The minimum absolute atomic E-state index is 0.0978. The van der Waals surface area contributed by atoms with E-state index >= 15 is 0 Å². The minimum Gasteiger partial charge on any atom is -0.494 e. The molecule has 0 fully saturated rings. The highest BCUT2D eigenvalue weighted by Gasteiger charge is 2.27. The average Bonchev–Trinajstić information content (AvgIpc) is 2.32. The smallest absolute Gasteiger partial charge is 0.159 e. The number of benzene rings is 1. The van der Waals surface area contributed by atoms with Crippen LogP contribution in [-0.2, 0) is 0 Å². The summed E-state index contributed by atoms with van der Waals surface area (Å²) in [7, 11) is -2.01. The molecule has 1 aromatic rings. The van der Waals surface area contributed by atoms with E-state index in [0.717, 1.165) is 24.3 Å². The van der Waals surface area contributed by atoms with Crippen molar-refractivity contribution in [2.24, 2.45) is 0 Å². The highest BCUT2D eigenvalue weighted by molar-refractivity contribution is 6.94.